The Labute approximate surface area is 192 Å². The van der Waals surface area contributed by atoms with Gasteiger partial charge in [0.25, 0.3) is 5.91 Å². The van der Waals surface area contributed by atoms with E-state index in [1.54, 1.807) is 30.3 Å². The Morgan fingerprint density at radius 1 is 1.19 bits per heavy atom. The quantitative estimate of drug-likeness (QED) is 0.258. The molecular formula is C24H18BrFN2O4. The molecule has 0 unspecified atom stereocenters. The first-order chi connectivity index (χ1) is 15.4. The maximum absolute atomic E-state index is 13.8. The molecule has 3 rings (SSSR count). The van der Waals surface area contributed by atoms with Crippen molar-refractivity contribution in [2.24, 2.45) is 0 Å². The van der Waals surface area contributed by atoms with Crippen LogP contribution in [0.15, 0.2) is 70.7 Å². The molecule has 0 radical (unpaired) electrons. The molecule has 0 aliphatic rings. The summed E-state index contributed by atoms with van der Waals surface area (Å²) in [6, 6.07) is 17.3. The number of anilines is 1. The van der Waals surface area contributed by atoms with E-state index in [4.69, 9.17) is 9.47 Å². The summed E-state index contributed by atoms with van der Waals surface area (Å²) >= 11 is 3.41. The van der Waals surface area contributed by atoms with Crippen molar-refractivity contribution in [3.05, 3.63) is 87.7 Å². The molecule has 0 heterocycles. The first-order valence-corrected chi connectivity index (χ1v) is 10.2. The van der Waals surface area contributed by atoms with Crippen LogP contribution in [0, 0.1) is 17.1 Å². The third kappa shape index (κ3) is 5.65. The van der Waals surface area contributed by atoms with Crippen LogP contribution in [0.1, 0.15) is 11.1 Å². The topological polar surface area (TPSA) is 91.6 Å². The van der Waals surface area contributed by atoms with Gasteiger partial charge in [0.05, 0.1) is 7.11 Å². The van der Waals surface area contributed by atoms with Gasteiger partial charge in [-0.05, 0) is 54.1 Å². The van der Waals surface area contributed by atoms with E-state index in [-0.39, 0.29) is 23.7 Å². The molecule has 3 aromatic carbocycles. The SMILES string of the molecule is COc1cc(/C=C(\C#N)C(=O)Nc2ccc(O)cc2)c(Br)cc1OCc1ccccc1F. The van der Waals surface area contributed by atoms with Gasteiger partial charge in [-0.1, -0.05) is 34.1 Å². The standard InChI is InChI=1S/C24H18BrFN2O4/c1-31-22-11-16(10-17(13-27)24(30)28-18-6-8-19(29)9-7-18)20(25)12-23(22)32-14-15-4-2-3-5-21(15)26/h2-12,29H,14H2,1H3,(H,28,30)/b17-10+. The average molecular weight is 497 g/mol. The van der Waals surface area contributed by atoms with Crippen molar-refractivity contribution in [2.75, 3.05) is 12.4 Å². The van der Waals surface area contributed by atoms with Gasteiger partial charge in [-0.3, -0.25) is 4.79 Å². The zero-order valence-electron chi connectivity index (χ0n) is 16.9. The molecule has 0 bridgehead atoms. The molecule has 6 nitrogen and oxygen atoms in total. The number of halogens is 2. The second-order valence-electron chi connectivity index (χ2n) is 6.58. The molecule has 162 valence electrons. The van der Waals surface area contributed by atoms with E-state index in [0.29, 0.717) is 32.8 Å². The van der Waals surface area contributed by atoms with Crippen molar-refractivity contribution in [3.63, 3.8) is 0 Å². The average Bonchev–Trinajstić information content (AvgIpc) is 2.79. The lowest BCUT2D eigenvalue weighted by atomic mass is 10.1. The third-order valence-corrected chi connectivity index (χ3v) is 5.10. The predicted molar refractivity (Wildman–Crippen MR) is 122 cm³/mol. The van der Waals surface area contributed by atoms with Crippen molar-refractivity contribution in [1.29, 1.82) is 5.26 Å². The molecule has 3 aromatic rings. The predicted octanol–water partition coefficient (Wildman–Crippen LogP) is 5.43. The van der Waals surface area contributed by atoms with Gasteiger partial charge < -0.3 is 19.9 Å². The highest BCUT2D eigenvalue weighted by Gasteiger charge is 2.14. The van der Waals surface area contributed by atoms with E-state index in [0.717, 1.165) is 0 Å². The fraction of sp³-hybridized carbons (Fsp3) is 0.0833. The Balaban J connectivity index is 1.82. The number of amides is 1. The number of hydrogen-bond acceptors (Lipinski definition) is 5. The number of phenolic OH excluding ortho intramolecular Hbond substituents is 1. The summed E-state index contributed by atoms with van der Waals surface area (Å²) in [6.07, 6.45) is 1.41. The summed E-state index contributed by atoms with van der Waals surface area (Å²) in [7, 11) is 1.45. The minimum Gasteiger partial charge on any atom is -0.508 e. The zero-order chi connectivity index (χ0) is 23.1. The van der Waals surface area contributed by atoms with Crippen LogP contribution in [-0.4, -0.2) is 18.1 Å². The Morgan fingerprint density at radius 3 is 2.56 bits per heavy atom. The zero-order valence-corrected chi connectivity index (χ0v) is 18.5. The maximum atomic E-state index is 13.8. The number of nitriles is 1. The highest BCUT2D eigenvalue weighted by atomic mass is 79.9. The second-order valence-corrected chi connectivity index (χ2v) is 7.43. The van der Waals surface area contributed by atoms with Gasteiger partial charge in [-0.2, -0.15) is 5.26 Å². The van der Waals surface area contributed by atoms with Gasteiger partial charge >= 0.3 is 0 Å². The Bertz CT molecular complexity index is 1200. The van der Waals surface area contributed by atoms with Gasteiger partial charge in [0, 0.05) is 15.7 Å². The summed E-state index contributed by atoms with van der Waals surface area (Å²) in [5.74, 6) is -0.196. The molecule has 0 saturated carbocycles. The highest BCUT2D eigenvalue weighted by molar-refractivity contribution is 9.10. The van der Waals surface area contributed by atoms with Crippen LogP contribution in [0.5, 0.6) is 17.2 Å². The minimum absolute atomic E-state index is 0.00312. The summed E-state index contributed by atoms with van der Waals surface area (Å²) in [4.78, 5) is 12.5. The molecule has 2 N–H and O–H groups in total. The smallest absolute Gasteiger partial charge is 0.266 e. The van der Waals surface area contributed by atoms with Crippen LogP contribution < -0.4 is 14.8 Å². The molecule has 0 fully saturated rings. The summed E-state index contributed by atoms with van der Waals surface area (Å²) in [5, 5.41) is 21.4. The fourth-order valence-electron chi connectivity index (χ4n) is 2.75. The largest absolute Gasteiger partial charge is 0.508 e. The number of carbonyl (C=O) groups excluding carboxylic acids is 1. The number of phenols is 1. The first kappa shape index (κ1) is 22.8. The number of carbonyl (C=O) groups is 1. The number of nitrogens with zero attached hydrogens (tertiary/aromatic N) is 1. The molecule has 0 spiro atoms. The summed E-state index contributed by atoms with van der Waals surface area (Å²) in [5.41, 5.74) is 1.20. The van der Waals surface area contributed by atoms with Crippen LogP contribution in [0.4, 0.5) is 10.1 Å². The summed E-state index contributed by atoms with van der Waals surface area (Å²) < 4.78 is 25.5. The number of hydrogen-bond donors (Lipinski definition) is 2. The molecule has 1 amide bonds. The van der Waals surface area contributed by atoms with Gasteiger partial charge in [-0.25, -0.2) is 4.39 Å². The van der Waals surface area contributed by atoms with E-state index < -0.39 is 5.91 Å². The number of ether oxygens (including phenoxy) is 2. The van der Waals surface area contributed by atoms with Crippen LogP contribution in [0.3, 0.4) is 0 Å². The van der Waals surface area contributed by atoms with Crippen LogP contribution in [0.25, 0.3) is 6.08 Å². The van der Waals surface area contributed by atoms with Gasteiger partial charge in [0.2, 0.25) is 0 Å². The Morgan fingerprint density at radius 2 is 1.91 bits per heavy atom. The lowest BCUT2D eigenvalue weighted by molar-refractivity contribution is -0.112. The van der Waals surface area contributed by atoms with E-state index in [2.05, 4.69) is 21.2 Å². The fourth-order valence-corrected chi connectivity index (χ4v) is 3.19. The lowest BCUT2D eigenvalue weighted by Crippen LogP contribution is -2.13. The number of rotatable bonds is 7. The maximum Gasteiger partial charge on any atom is 0.266 e. The number of benzene rings is 3. The molecular weight excluding hydrogens is 479 g/mol. The number of methoxy groups -OCH3 is 1. The van der Waals surface area contributed by atoms with Crippen molar-refractivity contribution in [1.82, 2.24) is 0 Å². The van der Waals surface area contributed by atoms with E-state index in [9.17, 15) is 19.6 Å². The van der Waals surface area contributed by atoms with Crippen LogP contribution >= 0.6 is 15.9 Å². The minimum atomic E-state index is -0.607. The molecule has 0 aliphatic carbocycles. The van der Waals surface area contributed by atoms with Crippen molar-refractivity contribution >= 4 is 33.6 Å². The van der Waals surface area contributed by atoms with Crippen molar-refractivity contribution in [3.8, 4) is 23.3 Å². The van der Waals surface area contributed by atoms with Crippen molar-refractivity contribution in [2.45, 2.75) is 6.61 Å². The molecule has 0 aliphatic heterocycles. The first-order valence-electron chi connectivity index (χ1n) is 9.37. The highest BCUT2D eigenvalue weighted by Crippen LogP contribution is 2.35. The summed E-state index contributed by atoms with van der Waals surface area (Å²) in [6.45, 7) is 0.00312. The van der Waals surface area contributed by atoms with E-state index >= 15 is 0 Å². The van der Waals surface area contributed by atoms with Crippen molar-refractivity contribution < 1.29 is 23.8 Å². The monoisotopic (exact) mass is 496 g/mol. The van der Waals surface area contributed by atoms with Gasteiger partial charge in [-0.15, -0.1) is 0 Å². The number of aromatic hydroxyl groups is 1. The number of nitrogens with one attached hydrogen (secondary N) is 1. The van der Waals surface area contributed by atoms with Gasteiger partial charge in [0.15, 0.2) is 11.5 Å². The van der Waals surface area contributed by atoms with Crippen LogP contribution in [-0.2, 0) is 11.4 Å². The Hall–Kier alpha value is -3.83. The second kappa shape index (κ2) is 10.5. The molecule has 0 saturated heterocycles. The Kier molecular flexibility index (Phi) is 7.47. The normalized spacial score (nSPS) is 10.9. The van der Waals surface area contributed by atoms with Gasteiger partial charge in [0.1, 0.15) is 29.8 Å². The third-order valence-electron chi connectivity index (χ3n) is 4.41. The molecule has 0 atom stereocenters. The van der Waals surface area contributed by atoms with E-state index in [1.807, 2.05) is 6.07 Å². The molecule has 0 aromatic heterocycles. The van der Waals surface area contributed by atoms with Crippen LogP contribution in [0.2, 0.25) is 0 Å². The molecule has 8 heteroatoms. The molecule has 32 heavy (non-hydrogen) atoms. The lowest BCUT2D eigenvalue weighted by Gasteiger charge is -2.13. The van der Waals surface area contributed by atoms with E-state index in [1.165, 1.54) is 43.5 Å².